The van der Waals surface area contributed by atoms with Crippen molar-refractivity contribution in [3.63, 3.8) is 0 Å². The van der Waals surface area contributed by atoms with Crippen LogP contribution in [0.3, 0.4) is 0 Å². The summed E-state index contributed by atoms with van der Waals surface area (Å²) in [5.41, 5.74) is 1.43. The van der Waals surface area contributed by atoms with Gasteiger partial charge in [-0.3, -0.25) is 0 Å². The Morgan fingerprint density at radius 1 is 0.938 bits per heavy atom. The molecule has 8 nitrogen and oxygen atoms in total. The molecule has 172 valence electrons. The first-order chi connectivity index (χ1) is 15.3. The maximum absolute atomic E-state index is 12.1. The Kier molecular flexibility index (Phi) is 7.35. The first kappa shape index (κ1) is 23.1. The average Bonchev–Trinajstić information content (AvgIpc) is 2.75. The van der Waals surface area contributed by atoms with Crippen molar-refractivity contribution >= 4 is 16.7 Å². The van der Waals surface area contributed by atoms with Crippen molar-refractivity contribution < 1.29 is 28.5 Å². The zero-order chi connectivity index (χ0) is 23.3. The summed E-state index contributed by atoms with van der Waals surface area (Å²) in [6.45, 7) is 2.72. The van der Waals surface area contributed by atoms with Crippen LogP contribution in [-0.2, 0) is 0 Å². The molecule has 0 saturated heterocycles. The minimum Gasteiger partial charge on any atom is -0.508 e. The summed E-state index contributed by atoms with van der Waals surface area (Å²) in [6.07, 6.45) is 1.50. The predicted molar refractivity (Wildman–Crippen MR) is 123 cm³/mol. The highest BCUT2D eigenvalue weighted by Crippen LogP contribution is 2.35. The Balaban J connectivity index is 1.59. The van der Waals surface area contributed by atoms with Crippen molar-refractivity contribution in [3.8, 4) is 28.7 Å². The second kappa shape index (κ2) is 10.2. The smallest absolute Gasteiger partial charge is 0.379 e. The molecule has 0 atom stereocenters. The summed E-state index contributed by atoms with van der Waals surface area (Å²) < 4.78 is 27.6. The topological polar surface area (TPSA) is 90.6 Å². The molecule has 3 rings (SSSR count). The summed E-state index contributed by atoms with van der Waals surface area (Å²) >= 11 is 0. The fourth-order valence-corrected chi connectivity index (χ4v) is 3.33. The van der Waals surface area contributed by atoms with Gasteiger partial charge in [-0.15, -0.1) is 0 Å². The van der Waals surface area contributed by atoms with Gasteiger partial charge in [-0.1, -0.05) is 0 Å². The molecular formula is C24H29NO7. The first-order valence-electron chi connectivity index (χ1n) is 10.3. The molecule has 1 N–H and O–H groups in total. The summed E-state index contributed by atoms with van der Waals surface area (Å²) in [6, 6.07) is 8.58. The molecular weight excluding hydrogens is 414 g/mol. The van der Waals surface area contributed by atoms with Crippen LogP contribution in [0.4, 0.5) is 5.69 Å². The van der Waals surface area contributed by atoms with E-state index < -0.39 is 5.63 Å². The highest BCUT2D eigenvalue weighted by Gasteiger charge is 2.16. The van der Waals surface area contributed by atoms with Crippen molar-refractivity contribution in [2.45, 2.75) is 19.8 Å². The molecule has 1 aromatic heterocycles. The maximum atomic E-state index is 12.1. The lowest BCUT2D eigenvalue weighted by Crippen LogP contribution is -2.09. The van der Waals surface area contributed by atoms with Gasteiger partial charge in [0.15, 0.2) is 11.5 Å². The number of unbranched alkanes of at least 4 members (excludes halogenated alkanes) is 1. The Morgan fingerprint density at radius 3 is 2.31 bits per heavy atom. The third-order valence-corrected chi connectivity index (χ3v) is 5.06. The van der Waals surface area contributed by atoms with Gasteiger partial charge in [0.2, 0.25) is 5.75 Å². The van der Waals surface area contributed by atoms with Gasteiger partial charge in [-0.2, -0.15) is 0 Å². The molecule has 0 unspecified atom stereocenters. The zero-order valence-electron chi connectivity index (χ0n) is 19.1. The molecule has 32 heavy (non-hydrogen) atoms. The lowest BCUT2D eigenvalue weighted by atomic mass is 10.1. The fraction of sp³-hybridized carbons (Fsp3) is 0.375. The molecule has 0 aliphatic rings. The molecule has 3 aromatic rings. The second-order valence-corrected chi connectivity index (χ2v) is 7.53. The Morgan fingerprint density at radius 2 is 1.66 bits per heavy atom. The number of phenols is 1. The van der Waals surface area contributed by atoms with Gasteiger partial charge in [0.05, 0.1) is 27.4 Å². The van der Waals surface area contributed by atoms with Crippen LogP contribution in [-0.4, -0.2) is 46.6 Å². The van der Waals surface area contributed by atoms with E-state index in [1.807, 2.05) is 25.1 Å². The SMILES string of the molecule is COc1cc2c(C)c(OC)c(=O)oc2cc1OCCCCOc1cc(O)cc(N(C)C)c1. The van der Waals surface area contributed by atoms with E-state index >= 15 is 0 Å². The van der Waals surface area contributed by atoms with Crippen molar-refractivity contribution in [2.24, 2.45) is 0 Å². The molecule has 2 aromatic carbocycles. The largest absolute Gasteiger partial charge is 0.508 e. The fourth-order valence-electron chi connectivity index (χ4n) is 3.33. The van der Waals surface area contributed by atoms with E-state index in [0.29, 0.717) is 41.6 Å². The van der Waals surface area contributed by atoms with Crippen molar-refractivity contribution in [1.82, 2.24) is 0 Å². The zero-order valence-corrected chi connectivity index (χ0v) is 19.1. The lowest BCUT2D eigenvalue weighted by Gasteiger charge is -2.15. The number of aryl methyl sites for hydroxylation is 1. The van der Waals surface area contributed by atoms with Crippen molar-refractivity contribution in [3.05, 3.63) is 46.3 Å². The van der Waals surface area contributed by atoms with Gasteiger partial charge < -0.3 is 33.4 Å². The average molecular weight is 443 g/mol. The van der Waals surface area contributed by atoms with E-state index in [9.17, 15) is 9.90 Å². The van der Waals surface area contributed by atoms with E-state index in [4.69, 9.17) is 23.4 Å². The predicted octanol–water partition coefficient (Wildman–Crippen LogP) is 4.13. The monoisotopic (exact) mass is 443 g/mol. The lowest BCUT2D eigenvalue weighted by molar-refractivity contribution is 0.258. The molecule has 0 aliphatic carbocycles. The summed E-state index contributed by atoms with van der Waals surface area (Å²) in [4.78, 5) is 14.0. The Labute approximate surface area is 186 Å². The second-order valence-electron chi connectivity index (χ2n) is 7.53. The molecule has 0 saturated carbocycles. The number of fused-ring (bicyclic) bond motifs is 1. The normalized spacial score (nSPS) is 10.8. The highest BCUT2D eigenvalue weighted by molar-refractivity contribution is 5.85. The number of anilines is 1. The van der Waals surface area contributed by atoms with Crippen LogP contribution in [0, 0.1) is 6.92 Å². The minimum atomic E-state index is -0.532. The van der Waals surface area contributed by atoms with E-state index in [1.54, 1.807) is 38.3 Å². The number of hydrogen-bond donors (Lipinski definition) is 1. The van der Waals surface area contributed by atoms with Crippen LogP contribution >= 0.6 is 0 Å². The summed E-state index contributed by atoms with van der Waals surface area (Å²) in [5, 5.41) is 10.5. The summed E-state index contributed by atoms with van der Waals surface area (Å²) in [7, 11) is 6.80. The number of methoxy groups -OCH3 is 2. The van der Waals surface area contributed by atoms with Gasteiger partial charge in [-0.25, -0.2) is 4.79 Å². The van der Waals surface area contributed by atoms with Crippen LogP contribution in [0.1, 0.15) is 18.4 Å². The third-order valence-electron chi connectivity index (χ3n) is 5.06. The Hall–Kier alpha value is -3.55. The number of phenolic OH excluding ortho intramolecular Hbond substituents is 1. The van der Waals surface area contributed by atoms with Gasteiger partial charge in [0, 0.05) is 55.0 Å². The molecule has 1 heterocycles. The van der Waals surface area contributed by atoms with Crippen LogP contribution in [0.15, 0.2) is 39.5 Å². The van der Waals surface area contributed by atoms with E-state index in [-0.39, 0.29) is 11.5 Å². The molecule has 0 fully saturated rings. The van der Waals surface area contributed by atoms with E-state index in [1.165, 1.54) is 7.11 Å². The van der Waals surface area contributed by atoms with Crippen molar-refractivity contribution in [1.29, 1.82) is 0 Å². The number of aromatic hydroxyl groups is 1. The van der Waals surface area contributed by atoms with Crippen LogP contribution in [0.25, 0.3) is 11.0 Å². The van der Waals surface area contributed by atoms with E-state index in [0.717, 1.165) is 23.9 Å². The van der Waals surface area contributed by atoms with Gasteiger partial charge in [-0.05, 0) is 25.8 Å². The number of rotatable bonds is 10. The number of nitrogens with zero attached hydrogens (tertiary/aromatic N) is 1. The maximum Gasteiger partial charge on any atom is 0.379 e. The minimum absolute atomic E-state index is 0.164. The number of hydrogen-bond acceptors (Lipinski definition) is 8. The molecule has 0 radical (unpaired) electrons. The first-order valence-corrected chi connectivity index (χ1v) is 10.3. The third kappa shape index (κ3) is 5.19. The van der Waals surface area contributed by atoms with Crippen LogP contribution in [0.5, 0.6) is 28.7 Å². The molecule has 0 bridgehead atoms. The highest BCUT2D eigenvalue weighted by atomic mass is 16.5. The Bertz CT molecular complexity index is 1140. The number of benzene rings is 2. The van der Waals surface area contributed by atoms with E-state index in [2.05, 4.69) is 0 Å². The van der Waals surface area contributed by atoms with Crippen LogP contribution < -0.4 is 29.5 Å². The standard InChI is InChI=1S/C24H29NO7/c1-15-19-13-21(28-4)22(14-20(19)32-24(27)23(15)29-5)31-9-7-6-8-30-18-11-16(25(2)3)10-17(26)12-18/h10-14,26H,6-9H2,1-5H3. The number of ether oxygens (including phenoxy) is 4. The molecule has 0 aliphatic heterocycles. The van der Waals surface area contributed by atoms with Gasteiger partial charge >= 0.3 is 5.63 Å². The van der Waals surface area contributed by atoms with Gasteiger partial charge in [0.1, 0.15) is 17.1 Å². The molecule has 0 spiro atoms. The van der Waals surface area contributed by atoms with Crippen LogP contribution in [0.2, 0.25) is 0 Å². The molecule has 0 amide bonds. The molecule has 8 heteroatoms. The van der Waals surface area contributed by atoms with Gasteiger partial charge in [0.25, 0.3) is 0 Å². The van der Waals surface area contributed by atoms with Crippen molar-refractivity contribution in [2.75, 3.05) is 46.4 Å². The summed E-state index contributed by atoms with van der Waals surface area (Å²) in [5.74, 6) is 2.00. The quantitative estimate of drug-likeness (QED) is 0.370.